The Balaban J connectivity index is 0.00000391. The number of hydrogen-bond donors (Lipinski definition) is 3. The van der Waals surface area contributed by atoms with Gasteiger partial charge in [0, 0.05) is 43.7 Å². The number of hydrogen-bond acceptors (Lipinski definition) is 8. The fraction of sp³-hybridized carbons (Fsp3) is 0.533. The minimum atomic E-state index is -0.562. The van der Waals surface area contributed by atoms with Crippen LogP contribution in [0.1, 0.15) is 65.9 Å². The standard InChI is InChI=1S/C28H40N2O7S.C2H6/c1-28(2,3)37-27(33)29-13-8-11-26(32)30-22-15-19(9-7-10-23(22)34-4)18-38-14-12-21-24(35-5)16-20(31)17-25(21)36-6;1-2/h9,12,14-17,23,31H,7-8,10-11,13,18H2,1-6H3,(H,29,33)(H,30,32);1-2H3/b14-12+;. The smallest absolute Gasteiger partial charge is 0.407 e. The van der Waals surface area contributed by atoms with E-state index in [2.05, 4.69) is 16.7 Å². The van der Waals surface area contributed by atoms with Gasteiger partial charge in [-0.25, -0.2) is 4.79 Å². The second-order valence-corrected chi connectivity index (χ2v) is 10.5. The van der Waals surface area contributed by atoms with Crippen molar-refractivity contribution in [3.8, 4) is 17.2 Å². The molecule has 0 radical (unpaired) electrons. The average Bonchev–Trinajstić information content (AvgIpc) is 3.10. The van der Waals surface area contributed by atoms with Crippen molar-refractivity contribution in [2.24, 2.45) is 0 Å². The molecule has 1 aromatic carbocycles. The Kier molecular flexibility index (Phi) is 16.0. The molecule has 9 nitrogen and oxygen atoms in total. The van der Waals surface area contributed by atoms with E-state index in [0.29, 0.717) is 30.2 Å². The predicted octanol–water partition coefficient (Wildman–Crippen LogP) is 6.18. The van der Waals surface area contributed by atoms with Crippen molar-refractivity contribution < 1.29 is 33.6 Å². The van der Waals surface area contributed by atoms with Crippen LogP contribution in [-0.4, -0.2) is 62.4 Å². The third kappa shape index (κ3) is 12.8. The van der Waals surface area contributed by atoms with Gasteiger partial charge in [0.25, 0.3) is 0 Å². The number of ether oxygens (including phenoxy) is 4. The minimum Gasteiger partial charge on any atom is -0.508 e. The second-order valence-electron chi connectivity index (χ2n) is 9.64. The topological polar surface area (TPSA) is 115 Å². The number of rotatable bonds is 12. The quantitative estimate of drug-likeness (QED) is 0.252. The van der Waals surface area contributed by atoms with Crippen LogP contribution in [0.4, 0.5) is 4.79 Å². The Morgan fingerprint density at radius 1 is 1.12 bits per heavy atom. The number of benzene rings is 1. The third-order valence-corrected chi connectivity index (χ3v) is 6.28. The summed E-state index contributed by atoms with van der Waals surface area (Å²) in [6, 6.07) is 3.08. The zero-order chi connectivity index (χ0) is 30.1. The molecule has 1 aliphatic carbocycles. The van der Waals surface area contributed by atoms with Crippen LogP contribution in [0.25, 0.3) is 6.08 Å². The number of aromatic hydroxyl groups is 1. The highest BCUT2D eigenvalue weighted by atomic mass is 32.2. The highest BCUT2D eigenvalue weighted by molar-refractivity contribution is 8.02. The maximum Gasteiger partial charge on any atom is 0.407 e. The van der Waals surface area contributed by atoms with Crippen molar-refractivity contribution in [3.05, 3.63) is 46.5 Å². The molecule has 0 spiro atoms. The zero-order valence-electron chi connectivity index (χ0n) is 25.1. The Morgan fingerprint density at radius 3 is 2.35 bits per heavy atom. The summed E-state index contributed by atoms with van der Waals surface area (Å²) in [4.78, 5) is 24.3. The van der Waals surface area contributed by atoms with Gasteiger partial charge in [0.1, 0.15) is 22.8 Å². The fourth-order valence-corrected chi connectivity index (χ4v) is 4.44. The number of thioether (sulfide) groups is 1. The summed E-state index contributed by atoms with van der Waals surface area (Å²) in [6.45, 7) is 9.75. The Hall–Kier alpha value is -3.11. The molecule has 224 valence electrons. The van der Waals surface area contributed by atoms with Crippen molar-refractivity contribution in [1.29, 1.82) is 0 Å². The zero-order valence-corrected chi connectivity index (χ0v) is 25.9. The van der Waals surface area contributed by atoms with Gasteiger partial charge in [-0.15, -0.1) is 11.8 Å². The third-order valence-electron chi connectivity index (χ3n) is 5.45. The lowest BCUT2D eigenvalue weighted by atomic mass is 10.1. The number of phenolic OH excluding ortho intramolecular Hbond substituents is 1. The summed E-state index contributed by atoms with van der Waals surface area (Å²) in [6.07, 6.45) is 7.64. The number of methoxy groups -OCH3 is 3. The first kappa shape index (κ1) is 34.9. The van der Waals surface area contributed by atoms with Crippen molar-refractivity contribution >= 4 is 29.8 Å². The molecule has 2 rings (SSSR count). The summed E-state index contributed by atoms with van der Waals surface area (Å²) >= 11 is 1.59. The monoisotopic (exact) mass is 578 g/mol. The Bertz CT molecular complexity index is 1020. The molecule has 1 aromatic rings. The highest BCUT2D eigenvalue weighted by Gasteiger charge is 2.19. The average molecular weight is 579 g/mol. The molecule has 0 bridgehead atoms. The van der Waals surface area contributed by atoms with Gasteiger partial charge < -0.3 is 34.7 Å². The maximum atomic E-state index is 12.6. The molecule has 0 fully saturated rings. The summed E-state index contributed by atoms with van der Waals surface area (Å²) < 4.78 is 21.6. The molecule has 1 unspecified atom stereocenters. The summed E-state index contributed by atoms with van der Waals surface area (Å²) in [5.74, 6) is 1.65. The van der Waals surface area contributed by atoms with Gasteiger partial charge in [0.2, 0.25) is 5.91 Å². The summed E-state index contributed by atoms with van der Waals surface area (Å²) in [7, 11) is 4.72. The lowest BCUT2D eigenvalue weighted by Crippen LogP contribution is -2.34. The van der Waals surface area contributed by atoms with E-state index >= 15 is 0 Å². The van der Waals surface area contributed by atoms with Gasteiger partial charge in [-0.3, -0.25) is 4.79 Å². The van der Waals surface area contributed by atoms with Gasteiger partial charge in [0.15, 0.2) is 0 Å². The lowest BCUT2D eigenvalue weighted by molar-refractivity contribution is -0.120. The first-order valence-electron chi connectivity index (χ1n) is 13.5. The van der Waals surface area contributed by atoms with Crippen LogP contribution in [-0.2, 0) is 14.3 Å². The minimum absolute atomic E-state index is 0.0684. The molecule has 1 aliphatic rings. The number of alkyl carbamates (subject to hydrolysis) is 1. The highest BCUT2D eigenvalue weighted by Crippen LogP contribution is 2.35. The van der Waals surface area contributed by atoms with Gasteiger partial charge in [0.05, 0.1) is 25.9 Å². The van der Waals surface area contributed by atoms with Crippen LogP contribution in [0, 0.1) is 0 Å². The molecule has 40 heavy (non-hydrogen) atoms. The number of amides is 2. The number of allylic oxidation sites excluding steroid dienone is 2. The normalized spacial score (nSPS) is 15.2. The molecule has 2 amide bonds. The van der Waals surface area contributed by atoms with Crippen LogP contribution < -0.4 is 20.1 Å². The first-order chi connectivity index (χ1) is 19.1. The molecule has 0 heterocycles. The molecular weight excluding hydrogens is 532 g/mol. The van der Waals surface area contributed by atoms with E-state index in [9.17, 15) is 14.7 Å². The summed E-state index contributed by atoms with van der Waals surface area (Å²) in [5, 5.41) is 17.4. The van der Waals surface area contributed by atoms with Gasteiger partial charge >= 0.3 is 6.09 Å². The Morgan fingerprint density at radius 2 is 1.77 bits per heavy atom. The van der Waals surface area contributed by atoms with E-state index in [1.807, 2.05) is 31.4 Å². The van der Waals surface area contributed by atoms with Crippen molar-refractivity contribution in [2.75, 3.05) is 33.6 Å². The van der Waals surface area contributed by atoms with Gasteiger partial charge in [-0.1, -0.05) is 19.9 Å². The number of carbonyl (C=O) groups is 2. The van der Waals surface area contributed by atoms with Crippen molar-refractivity contribution in [3.63, 3.8) is 0 Å². The maximum absolute atomic E-state index is 12.6. The van der Waals surface area contributed by atoms with E-state index in [0.717, 1.165) is 29.7 Å². The second kappa shape index (κ2) is 18.3. The van der Waals surface area contributed by atoms with E-state index in [4.69, 9.17) is 18.9 Å². The van der Waals surface area contributed by atoms with Gasteiger partial charge in [-0.05, 0) is 63.2 Å². The van der Waals surface area contributed by atoms with E-state index in [1.165, 1.54) is 12.1 Å². The van der Waals surface area contributed by atoms with Crippen LogP contribution in [0.3, 0.4) is 0 Å². The van der Waals surface area contributed by atoms with Crippen molar-refractivity contribution in [1.82, 2.24) is 10.6 Å². The summed E-state index contributed by atoms with van der Waals surface area (Å²) in [5.41, 5.74) is 1.98. The first-order valence-corrected chi connectivity index (χ1v) is 14.5. The lowest BCUT2D eigenvalue weighted by Gasteiger charge is -2.20. The molecule has 10 heteroatoms. The largest absolute Gasteiger partial charge is 0.508 e. The number of phenols is 1. The van der Waals surface area contributed by atoms with Crippen molar-refractivity contribution in [2.45, 2.75) is 72.0 Å². The molecule has 0 aliphatic heterocycles. The predicted molar refractivity (Wildman–Crippen MR) is 162 cm³/mol. The van der Waals surface area contributed by atoms with E-state index < -0.39 is 11.7 Å². The van der Waals surface area contributed by atoms with Crippen LogP contribution in [0.5, 0.6) is 17.2 Å². The van der Waals surface area contributed by atoms with Crippen LogP contribution in [0.15, 0.2) is 41.0 Å². The van der Waals surface area contributed by atoms with Crippen LogP contribution >= 0.6 is 11.8 Å². The van der Waals surface area contributed by atoms with Gasteiger partial charge in [-0.2, -0.15) is 0 Å². The van der Waals surface area contributed by atoms with E-state index in [1.54, 1.807) is 53.9 Å². The van der Waals surface area contributed by atoms with E-state index in [-0.39, 0.29) is 24.2 Å². The molecule has 0 saturated carbocycles. The number of carbonyl (C=O) groups excluding carboxylic acids is 2. The molecular formula is C30H46N2O7S. The SMILES string of the molecule is CC.COc1cc(O)cc(OC)c1/C=C/SCC1=CCCC(OC)C(NC(=O)CCCNC(=O)OC(C)(C)C)=C1. The molecule has 3 N–H and O–H groups in total. The fourth-order valence-electron chi connectivity index (χ4n) is 3.72. The van der Waals surface area contributed by atoms with Crippen LogP contribution in [0.2, 0.25) is 0 Å². The molecule has 0 aromatic heterocycles. The molecule has 0 saturated heterocycles. The Labute approximate surface area is 243 Å². The number of nitrogens with one attached hydrogen (secondary N) is 2. The molecule has 1 atom stereocenters.